The molecule has 1 unspecified atom stereocenters. The van der Waals surface area contributed by atoms with Gasteiger partial charge < -0.3 is 9.47 Å². The fraction of sp³-hybridized carbons (Fsp3) is 1.00. The molecule has 46 valence electrons. The van der Waals surface area contributed by atoms with Crippen LogP contribution < -0.4 is 0 Å². The average molecular weight is 114 g/mol. The van der Waals surface area contributed by atoms with Crippen molar-refractivity contribution in [2.24, 2.45) is 0 Å². The molecule has 0 radical (unpaired) electrons. The quantitative estimate of drug-likeness (QED) is 0.458. The van der Waals surface area contributed by atoms with Gasteiger partial charge in [-0.3, -0.25) is 0 Å². The molecule has 2 fully saturated rings. The normalized spacial score (nSPS) is 45.0. The summed E-state index contributed by atoms with van der Waals surface area (Å²) in [6.07, 6.45) is 3.22. The summed E-state index contributed by atoms with van der Waals surface area (Å²) in [5.74, 6) is 0. The van der Waals surface area contributed by atoms with Gasteiger partial charge in [-0.1, -0.05) is 0 Å². The number of fused-ring (bicyclic) bond motifs is 2. The van der Waals surface area contributed by atoms with Crippen LogP contribution in [0.5, 0.6) is 0 Å². The van der Waals surface area contributed by atoms with Crippen molar-refractivity contribution in [1.29, 1.82) is 0 Å². The number of hydrogen-bond donors (Lipinski definition) is 0. The minimum Gasteiger partial charge on any atom is -0.376 e. The highest BCUT2D eigenvalue weighted by atomic mass is 16.6. The number of rotatable bonds is 0. The Bertz CT molecular complexity index is 78.5. The third kappa shape index (κ3) is 0.644. The second kappa shape index (κ2) is 1.71. The van der Waals surface area contributed by atoms with Crippen LogP contribution in [0.2, 0.25) is 0 Å². The van der Waals surface area contributed by atoms with Crippen LogP contribution >= 0.6 is 0 Å². The van der Waals surface area contributed by atoms with E-state index in [-0.39, 0.29) is 0 Å². The monoisotopic (exact) mass is 114 g/mol. The van der Waals surface area contributed by atoms with E-state index in [1.165, 1.54) is 0 Å². The van der Waals surface area contributed by atoms with E-state index in [4.69, 9.17) is 9.47 Å². The third-order valence-electron chi connectivity index (χ3n) is 1.84. The van der Waals surface area contributed by atoms with E-state index >= 15 is 0 Å². The van der Waals surface area contributed by atoms with Gasteiger partial charge in [0, 0.05) is 13.0 Å². The van der Waals surface area contributed by atoms with E-state index in [1.54, 1.807) is 0 Å². The van der Waals surface area contributed by atoms with Gasteiger partial charge in [-0.15, -0.1) is 0 Å². The highest BCUT2D eigenvalue weighted by Gasteiger charge is 2.29. The van der Waals surface area contributed by atoms with Crippen molar-refractivity contribution < 1.29 is 9.47 Å². The van der Waals surface area contributed by atoms with Crippen LogP contribution in [0.1, 0.15) is 12.8 Å². The largest absolute Gasteiger partial charge is 0.376 e. The predicted octanol–water partition coefficient (Wildman–Crippen LogP) is 0.564. The Morgan fingerprint density at radius 1 is 1.12 bits per heavy atom. The van der Waals surface area contributed by atoms with Gasteiger partial charge in [-0.25, -0.2) is 0 Å². The van der Waals surface area contributed by atoms with Crippen molar-refractivity contribution in [3.05, 3.63) is 0 Å². The van der Waals surface area contributed by atoms with Gasteiger partial charge in [0.15, 0.2) is 0 Å². The predicted molar refractivity (Wildman–Crippen MR) is 28.7 cm³/mol. The fourth-order valence-electron chi connectivity index (χ4n) is 1.36. The van der Waals surface area contributed by atoms with E-state index in [2.05, 4.69) is 0 Å². The second-order valence-corrected chi connectivity index (χ2v) is 2.47. The SMILES string of the molecule is C1C[C@@H]2CC(CO2)O1. The van der Waals surface area contributed by atoms with Gasteiger partial charge >= 0.3 is 0 Å². The van der Waals surface area contributed by atoms with Crippen LogP contribution in [0, 0.1) is 0 Å². The summed E-state index contributed by atoms with van der Waals surface area (Å²) >= 11 is 0. The summed E-state index contributed by atoms with van der Waals surface area (Å²) in [7, 11) is 0. The summed E-state index contributed by atoms with van der Waals surface area (Å²) in [4.78, 5) is 0. The van der Waals surface area contributed by atoms with Crippen molar-refractivity contribution in [2.45, 2.75) is 25.0 Å². The van der Waals surface area contributed by atoms with Crippen molar-refractivity contribution in [3.63, 3.8) is 0 Å². The Morgan fingerprint density at radius 3 is 2.88 bits per heavy atom. The maximum absolute atomic E-state index is 5.35. The molecule has 2 atom stereocenters. The molecule has 2 nitrogen and oxygen atoms in total. The zero-order valence-corrected chi connectivity index (χ0v) is 4.80. The maximum atomic E-state index is 5.35. The molecular formula is C6H10O2. The molecule has 2 heteroatoms. The van der Waals surface area contributed by atoms with Crippen molar-refractivity contribution >= 4 is 0 Å². The van der Waals surface area contributed by atoms with Gasteiger partial charge in [0.25, 0.3) is 0 Å². The van der Waals surface area contributed by atoms with Crippen LogP contribution in [0.25, 0.3) is 0 Å². The maximum Gasteiger partial charge on any atom is 0.0833 e. The van der Waals surface area contributed by atoms with Crippen molar-refractivity contribution in [3.8, 4) is 0 Å². The second-order valence-electron chi connectivity index (χ2n) is 2.47. The Hall–Kier alpha value is -0.0800. The molecule has 0 spiro atoms. The lowest BCUT2D eigenvalue weighted by Gasteiger charge is -2.15. The minimum absolute atomic E-state index is 0.439. The van der Waals surface area contributed by atoms with Gasteiger partial charge in [-0.2, -0.15) is 0 Å². The van der Waals surface area contributed by atoms with Gasteiger partial charge in [0.2, 0.25) is 0 Å². The molecule has 0 aromatic carbocycles. The van der Waals surface area contributed by atoms with Gasteiger partial charge in [0.05, 0.1) is 18.8 Å². The first-order chi connectivity index (χ1) is 3.95. The zero-order chi connectivity index (χ0) is 5.40. The smallest absolute Gasteiger partial charge is 0.0833 e. The lowest BCUT2D eigenvalue weighted by atomic mass is 10.1. The number of hydrogen-bond acceptors (Lipinski definition) is 2. The summed E-state index contributed by atoms with van der Waals surface area (Å²) in [6.45, 7) is 1.75. The van der Waals surface area contributed by atoms with Gasteiger partial charge in [0.1, 0.15) is 0 Å². The molecule has 2 bridgehead atoms. The number of ether oxygens (including phenoxy) is 2. The molecule has 2 rings (SSSR count). The molecule has 2 heterocycles. The first-order valence-corrected chi connectivity index (χ1v) is 3.18. The standard InChI is InChI=1S/C6H10O2/c1-2-7-6-3-5(1)8-4-6/h5-6H,1-4H2/t5-,6?/m1/s1. The van der Waals surface area contributed by atoms with Gasteiger partial charge in [-0.05, 0) is 6.42 Å². The summed E-state index contributed by atoms with van der Waals surface area (Å²) in [6, 6.07) is 0. The highest BCUT2D eigenvalue weighted by Crippen LogP contribution is 2.23. The first kappa shape index (κ1) is 4.77. The molecule has 0 aromatic heterocycles. The molecule has 0 saturated carbocycles. The summed E-state index contributed by atoms with van der Waals surface area (Å²) in [5.41, 5.74) is 0. The molecular weight excluding hydrogens is 104 g/mol. The molecule has 2 aliphatic heterocycles. The Morgan fingerprint density at radius 2 is 2.12 bits per heavy atom. The zero-order valence-electron chi connectivity index (χ0n) is 4.80. The van der Waals surface area contributed by atoms with Crippen LogP contribution in [0.3, 0.4) is 0 Å². The first-order valence-electron chi connectivity index (χ1n) is 3.18. The molecule has 0 aliphatic carbocycles. The topological polar surface area (TPSA) is 18.5 Å². The van der Waals surface area contributed by atoms with Crippen molar-refractivity contribution in [1.82, 2.24) is 0 Å². The Kier molecular flexibility index (Phi) is 1.02. The average Bonchev–Trinajstić information content (AvgIpc) is 2.12. The van der Waals surface area contributed by atoms with Crippen molar-refractivity contribution in [2.75, 3.05) is 13.2 Å². The van der Waals surface area contributed by atoms with Crippen LogP contribution in [-0.2, 0) is 9.47 Å². The molecule has 0 amide bonds. The van der Waals surface area contributed by atoms with E-state index in [0.717, 1.165) is 26.1 Å². The lowest BCUT2D eigenvalue weighted by molar-refractivity contribution is 0.0411. The Labute approximate surface area is 48.8 Å². The van der Waals surface area contributed by atoms with E-state index < -0.39 is 0 Å². The Balaban J connectivity index is 2.03. The molecule has 2 aliphatic rings. The fourth-order valence-corrected chi connectivity index (χ4v) is 1.36. The van der Waals surface area contributed by atoms with E-state index in [1.807, 2.05) is 0 Å². The molecule has 0 N–H and O–H groups in total. The van der Waals surface area contributed by atoms with E-state index in [9.17, 15) is 0 Å². The summed E-state index contributed by atoms with van der Waals surface area (Å²) in [5, 5.41) is 0. The highest BCUT2D eigenvalue weighted by molar-refractivity contribution is 4.77. The van der Waals surface area contributed by atoms with Crippen LogP contribution in [0.15, 0.2) is 0 Å². The molecule has 0 aromatic rings. The lowest BCUT2D eigenvalue weighted by Crippen LogP contribution is -2.20. The van der Waals surface area contributed by atoms with Crippen LogP contribution in [-0.4, -0.2) is 25.4 Å². The molecule has 2 saturated heterocycles. The summed E-state index contributed by atoms with van der Waals surface area (Å²) < 4.78 is 10.7. The van der Waals surface area contributed by atoms with E-state index in [0.29, 0.717) is 12.2 Å². The van der Waals surface area contributed by atoms with Crippen LogP contribution in [0.4, 0.5) is 0 Å². The third-order valence-corrected chi connectivity index (χ3v) is 1.84. The minimum atomic E-state index is 0.439. The molecule has 8 heavy (non-hydrogen) atoms.